The van der Waals surface area contributed by atoms with E-state index in [1.165, 1.54) is 4.90 Å². The van der Waals surface area contributed by atoms with Crippen molar-refractivity contribution in [1.82, 2.24) is 10.2 Å². The molecular weight excluding hydrogens is 276 g/mol. The lowest BCUT2D eigenvalue weighted by Crippen LogP contribution is -2.43. The number of carboxylic acids is 1. The van der Waals surface area contributed by atoms with Gasteiger partial charge >= 0.3 is 12.0 Å². The van der Waals surface area contributed by atoms with Gasteiger partial charge in [-0.3, -0.25) is 4.79 Å². The standard InChI is InChI=1S/C14H28N2O5/c1-3-12(4-5-13(18)19)6-7-15-14(20)16(8-10-17)9-11-21-2/h12,17H,3-11H2,1-2H3,(H,15,20)(H,18,19). The van der Waals surface area contributed by atoms with Crippen molar-refractivity contribution in [3.63, 3.8) is 0 Å². The Morgan fingerprint density at radius 2 is 2.00 bits per heavy atom. The monoisotopic (exact) mass is 304 g/mol. The van der Waals surface area contributed by atoms with Crippen LogP contribution in [0.15, 0.2) is 0 Å². The molecule has 21 heavy (non-hydrogen) atoms. The van der Waals surface area contributed by atoms with Gasteiger partial charge in [-0.25, -0.2) is 4.79 Å². The number of ether oxygens (including phenoxy) is 1. The van der Waals surface area contributed by atoms with E-state index in [4.69, 9.17) is 14.9 Å². The number of carbonyl (C=O) groups excluding carboxylic acids is 1. The third-order valence-corrected chi connectivity index (χ3v) is 3.40. The number of hydrogen-bond acceptors (Lipinski definition) is 4. The molecule has 0 aromatic rings. The number of urea groups is 1. The number of aliphatic hydroxyl groups excluding tert-OH is 1. The number of methoxy groups -OCH3 is 1. The summed E-state index contributed by atoms with van der Waals surface area (Å²) in [5.74, 6) is -0.488. The highest BCUT2D eigenvalue weighted by atomic mass is 16.5. The van der Waals surface area contributed by atoms with Crippen LogP contribution in [-0.2, 0) is 9.53 Å². The van der Waals surface area contributed by atoms with E-state index in [1.54, 1.807) is 7.11 Å². The van der Waals surface area contributed by atoms with Crippen LogP contribution in [0.5, 0.6) is 0 Å². The summed E-state index contributed by atoms with van der Waals surface area (Å²) >= 11 is 0. The molecule has 0 bridgehead atoms. The predicted octanol–water partition coefficient (Wildman–Crippen LogP) is 0.918. The lowest BCUT2D eigenvalue weighted by molar-refractivity contribution is -0.137. The van der Waals surface area contributed by atoms with Gasteiger partial charge in [0.25, 0.3) is 0 Å². The molecule has 0 aliphatic carbocycles. The molecule has 0 aliphatic heterocycles. The Kier molecular flexibility index (Phi) is 11.6. The minimum atomic E-state index is -0.786. The van der Waals surface area contributed by atoms with E-state index in [9.17, 15) is 9.59 Å². The number of amides is 2. The molecular formula is C14H28N2O5. The third-order valence-electron chi connectivity index (χ3n) is 3.40. The van der Waals surface area contributed by atoms with Gasteiger partial charge in [0.2, 0.25) is 0 Å². The Hall–Kier alpha value is -1.34. The summed E-state index contributed by atoms with van der Waals surface area (Å²) in [4.78, 5) is 24.0. The van der Waals surface area contributed by atoms with E-state index in [0.29, 0.717) is 32.0 Å². The summed E-state index contributed by atoms with van der Waals surface area (Å²) in [6, 6.07) is -0.228. The van der Waals surface area contributed by atoms with Crippen molar-refractivity contribution in [2.24, 2.45) is 5.92 Å². The molecule has 0 aromatic heterocycles. The highest BCUT2D eigenvalue weighted by Gasteiger charge is 2.13. The lowest BCUT2D eigenvalue weighted by Gasteiger charge is -2.22. The van der Waals surface area contributed by atoms with Crippen LogP contribution in [0.4, 0.5) is 4.79 Å². The highest BCUT2D eigenvalue weighted by Crippen LogP contribution is 2.14. The van der Waals surface area contributed by atoms with Crippen LogP contribution in [0.1, 0.15) is 32.6 Å². The van der Waals surface area contributed by atoms with E-state index in [2.05, 4.69) is 5.32 Å². The van der Waals surface area contributed by atoms with Gasteiger partial charge in [0.1, 0.15) is 0 Å². The van der Waals surface area contributed by atoms with Gasteiger partial charge in [0, 0.05) is 33.2 Å². The van der Waals surface area contributed by atoms with Crippen LogP contribution in [0.25, 0.3) is 0 Å². The van der Waals surface area contributed by atoms with Gasteiger partial charge in [-0.2, -0.15) is 0 Å². The van der Waals surface area contributed by atoms with Gasteiger partial charge in [0.15, 0.2) is 0 Å². The molecule has 2 amide bonds. The summed E-state index contributed by atoms with van der Waals surface area (Å²) in [6.45, 7) is 3.55. The number of carboxylic acid groups (broad SMARTS) is 1. The number of aliphatic hydroxyl groups is 1. The van der Waals surface area contributed by atoms with E-state index < -0.39 is 5.97 Å². The molecule has 0 fully saturated rings. The first-order chi connectivity index (χ1) is 10.0. The zero-order chi connectivity index (χ0) is 16.1. The number of aliphatic carboxylic acids is 1. The van der Waals surface area contributed by atoms with Crippen molar-refractivity contribution in [3.8, 4) is 0 Å². The second-order valence-electron chi connectivity index (χ2n) is 4.93. The van der Waals surface area contributed by atoms with Gasteiger partial charge in [-0.15, -0.1) is 0 Å². The van der Waals surface area contributed by atoms with Crippen LogP contribution >= 0.6 is 0 Å². The van der Waals surface area contributed by atoms with Crippen molar-refractivity contribution in [3.05, 3.63) is 0 Å². The Bertz CT molecular complexity index is 299. The topological polar surface area (TPSA) is 99.1 Å². The van der Waals surface area contributed by atoms with Crippen LogP contribution in [0, 0.1) is 5.92 Å². The first-order valence-corrected chi connectivity index (χ1v) is 7.39. The Morgan fingerprint density at radius 1 is 1.29 bits per heavy atom. The molecule has 7 nitrogen and oxygen atoms in total. The fraction of sp³-hybridized carbons (Fsp3) is 0.857. The summed E-state index contributed by atoms with van der Waals surface area (Å²) in [6.07, 6.45) is 2.45. The van der Waals surface area contributed by atoms with E-state index in [0.717, 1.165) is 12.8 Å². The molecule has 0 aromatic carbocycles. The van der Waals surface area contributed by atoms with E-state index in [-0.39, 0.29) is 25.6 Å². The molecule has 0 heterocycles. The normalized spacial score (nSPS) is 12.0. The van der Waals surface area contributed by atoms with Crippen molar-refractivity contribution in [2.75, 3.05) is 40.0 Å². The second kappa shape index (κ2) is 12.4. The maximum Gasteiger partial charge on any atom is 0.317 e. The smallest absolute Gasteiger partial charge is 0.317 e. The van der Waals surface area contributed by atoms with Gasteiger partial charge in [-0.05, 0) is 18.8 Å². The second-order valence-corrected chi connectivity index (χ2v) is 4.93. The first-order valence-electron chi connectivity index (χ1n) is 7.39. The lowest BCUT2D eigenvalue weighted by atomic mass is 9.97. The summed E-state index contributed by atoms with van der Waals surface area (Å²) < 4.78 is 4.92. The minimum absolute atomic E-state index is 0.0899. The maximum absolute atomic E-state index is 11.9. The van der Waals surface area contributed by atoms with Gasteiger partial charge in [0.05, 0.1) is 13.2 Å². The Morgan fingerprint density at radius 3 is 2.52 bits per heavy atom. The summed E-state index contributed by atoms with van der Waals surface area (Å²) in [7, 11) is 1.56. The average molecular weight is 304 g/mol. The number of nitrogens with zero attached hydrogens (tertiary/aromatic N) is 1. The molecule has 0 aliphatic rings. The number of nitrogens with one attached hydrogen (secondary N) is 1. The first kappa shape index (κ1) is 19.7. The molecule has 0 rings (SSSR count). The Labute approximate surface area is 126 Å². The highest BCUT2D eigenvalue weighted by molar-refractivity contribution is 5.74. The zero-order valence-electron chi connectivity index (χ0n) is 13.0. The summed E-state index contributed by atoms with van der Waals surface area (Å²) in [5, 5.41) is 20.4. The molecule has 0 radical (unpaired) electrons. The minimum Gasteiger partial charge on any atom is -0.481 e. The van der Waals surface area contributed by atoms with Crippen molar-refractivity contribution < 1.29 is 24.5 Å². The zero-order valence-corrected chi connectivity index (χ0v) is 13.0. The molecule has 1 unspecified atom stereocenters. The van der Waals surface area contributed by atoms with Crippen LogP contribution in [-0.4, -0.2) is 67.1 Å². The largest absolute Gasteiger partial charge is 0.481 e. The van der Waals surface area contributed by atoms with Crippen LogP contribution in [0.3, 0.4) is 0 Å². The predicted molar refractivity (Wildman–Crippen MR) is 79.2 cm³/mol. The molecule has 7 heteroatoms. The maximum atomic E-state index is 11.9. The fourth-order valence-corrected chi connectivity index (χ4v) is 2.01. The quantitative estimate of drug-likeness (QED) is 0.498. The van der Waals surface area contributed by atoms with Gasteiger partial charge in [-0.1, -0.05) is 13.3 Å². The van der Waals surface area contributed by atoms with Gasteiger partial charge < -0.3 is 25.2 Å². The fourth-order valence-electron chi connectivity index (χ4n) is 2.01. The number of carbonyl (C=O) groups is 2. The molecule has 0 saturated carbocycles. The SMILES string of the molecule is CCC(CCNC(=O)N(CCO)CCOC)CCC(=O)O. The third kappa shape index (κ3) is 10.1. The van der Waals surface area contributed by atoms with Crippen LogP contribution in [0.2, 0.25) is 0 Å². The molecule has 124 valence electrons. The van der Waals surface area contributed by atoms with Crippen LogP contribution < -0.4 is 5.32 Å². The van der Waals surface area contributed by atoms with Crippen molar-refractivity contribution in [1.29, 1.82) is 0 Å². The number of rotatable bonds is 12. The average Bonchev–Trinajstić information content (AvgIpc) is 2.46. The number of hydrogen-bond donors (Lipinski definition) is 3. The van der Waals surface area contributed by atoms with Crippen molar-refractivity contribution >= 4 is 12.0 Å². The molecule has 3 N–H and O–H groups in total. The van der Waals surface area contributed by atoms with E-state index in [1.807, 2.05) is 6.92 Å². The molecule has 0 saturated heterocycles. The van der Waals surface area contributed by atoms with Crippen molar-refractivity contribution in [2.45, 2.75) is 32.6 Å². The summed E-state index contributed by atoms with van der Waals surface area (Å²) in [5.41, 5.74) is 0. The van der Waals surface area contributed by atoms with E-state index >= 15 is 0 Å². The Balaban J connectivity index is 4.04. The molecule has 1 atom stereocenters. The molecule has 0 spiro atoms.